The van der Waals surface area contributed by atoms with Crippen molar-refractivity contribution in [2.75, 3.05) is 5.32 Å². The van der Waals surface area contributed by atoms with Crippen molar-refractivity contribution in [1.29, 1.82) is 0 Å². The van der Waals surface area contributed by atoms with Gasteiger partial charge in [0.05, 0.1) is 0 Å². The summed E-state index contributed by atoms with van der Waals surface area (Å²) < 4.78 is 0. The Balaban J connectivity index is 2.21. The van der Waals surface area contributed by atoms with Crippen LogP contribution in [0, 0.1) is 0 Å². The molecule has 0 heterocycles. The van der Waals surface area contributed by atoms with Gasteiger partial charge in [0.15, 0.2) is 0 Å². The summed E-state index contributed by atoms with van der Waals surface area (Å²) in [5.74, 6) is 0. The van der Waals surface area contributed by atoms with Crippen LogP contribution in [0.3, 0.4) is 0 Å². The van der Waals surface area contributed by atoms with Crippen molar-refractivity contribution in [1.82, 2.24) is 0 Å². The van der Waals surface area contributed by atoms with Crippen LogP contribution in [0.15, 0.2) is 54.6 Å². The number of hydrogen-bond donors (Lipinski definition) is 1. The second-order valence-electron chi connectivity index (χ2n) is 4.70. The normalized spacial score (nSPS) is 11.4. The van der Waals surface area contributed by atoms with E-state index in [-0.39, 0.29) is 0 Å². The Bertz CT molecular complexity index is 821. The van der Waals surface area contributed by atoms with Crippen LogP contribution in [0.2, 0.25) is 0 Å². The van der Waals surface area contributed by atoms with E-state index in [9.17, 15) is 4.79 Å². The number of benzene rings is 3. The van der Waals surface area contributed by atoms with E-state index in [2.05, 4.69) is 47.8 Å². The first-order chi connectivity index (χ1) is 9.40. The van der Waals surface area contributed by atoms with Crippen LogP contribution in [-0.4, -0.2) is 6.41 Å². The molecule has 1 aliphatic carbocycles. The van der Waals surface area contributed by atoms with Crippen LogP contribution in [0.5, 0.6) is 0 Å². The lowest BCUT2D eigenvalue weighted by Crippen LogP contribution is -1.95. The topological polar surface area (TPSA) is 29.1 Å². The van der Waals surface area contributed by atoms with Crippen molar-refractivity contribution in [3.05, 3.63) is 54.6 Å². The number of carbonyl (C=O) groups is 1. The Labute approximate surface area is 110 Å². The van der Waals surface area contributed by atoms with Gasteiger partial charge in [0.1, 0.15) is 0 Å². The Morgan fingerprint density at radius 3 is 2.42 bits per heavy atom. The zero-order valence-corrected chi connectivity index (χ0v) is 10.2. The second kappa shape index (κ2) is 3.69. The highest BCUT2D eigenvalue weighted by Gasteiger charge is 2.22. The van der Waals surface area contributed by atoms with E-state index in [4.69, 9.17) is 0 Å². The van der Waals surface area contributed by atoms with Crippen molar-refractivity contribution in [2.45, 2.75) is 0 Å². The molecule has 4 rings (SSSR count). The Morgan fingerprint density at radius 2 is 1.58 bits per heavy atom. The lowest BCUT2D eigenvalue weighted by Gasteiger charge is -2.08. The van der Waals surface area contributed by atoms with Crippen LogP contribution in [-0.2, 0) is 4.79 Å². The fraction of sp³-hybridized carbons (Fsp3) is 0. The molecule has 0 saturated heterocycles. The van der Waals surface area contributed by atoms with E-state index in [1.54, 1.807) is 0 Å². The first kappa shape index (κ1) is 10.3. The summed E-state index contributed by atoms with van der Waals surface area (Å²) in [4.78, 5) is 10.8. The number of carbonyl (C=O) groups excluding carboxylic acids is 1. The summed E-state index contributed by atoms with van der Waals surface area (Å²) in [6.07, 6.45) is 0.737. The van der Waals surface area contributed by atoms with E-state index >= 15 is 0 Å². The van der Waals surface area contributed by atoms with Gasteiger partial charge in [0, 0.05) is 11.3 Å². The number of rotatable bonds is 2. The first-order valence-corrected chi connectivity index (χ1v) is 6.26. The average Bonchev–Trinajstić information content (AvgIpc) is 2.80. The van der Waals surface area contributed by atoms with Gasteiger partial charge in [-0.2, -0.15) is 0 Å². The molecular formula is C17H11NO. The van der Waals surface area contributed by atoms with Gasteiger partial charge in [-0.25, -0.2) is 0 Å². The lowest BCUT2D eigenvalue weighted by atomic mass is 10.0. The van der Waals surface area contributed by atoms with E-state index in [0.29, 0.717) is 0 Å². The van der Waals surface area contributed by atoms with Crippen LogP contribution < -0.4 is 5.32 Å². The third kappa shape index (κ3) is 1.28. The van der Waals surface area contributed by atoms with Crippen LogP contribution >= 0.6 is 0 Å². The molecule has 0 spiro atoms. The van der Waals surface area contributed by atoms with Gasteiger partial charge < -0.3 is 5.32 Å². The molecule has 2 heteroatoms. The van der Waals surface area contributed by atoms with Crippen LogP contribution in [0.1, 0.15) is 0 Å². The molecule has 0 bridgehead atoms. The molecule has 0 atom stereocenters. The minimum absolute atomic E-state index is 0.737. The maximum Gasteiger partial charge on any atom is 0.211 e. The number of anilines is 1. The molecule has 90 valence electrons. The molecule has 0 fully saturated rings. The number of hydrogen-bond acceptors (Lipinski definition) is 1. The number of amides is 1. The largest absolute Gasteiger partial charge is 0.328 e. The molecule has 3 aromatic carbocycles. The lowest BCUT2D eigenvalue weighted by molar-refractivity contribution is -0.105. The van der Waals surface area contributed by atoms with Gasteiger partial charge in [-0.1, -0.05) is 48.5 Å². The van der Waals surface area contributed by atoms with E-state index in [1.807, 2.05) is 12.1 Å². The third-order valence-electron chi connectivity index (χ3n) is 3.75. The zero-order chi connectivity index (χ0) is 12.8. The van der Waals surface area contributed by atoms with Crippen molar-refractivity contribution < 1.29 is 4.79 Å². The summed E-state index contributed by atoms with van der Waals surface area (Å²) in [6.45, 7) is 0. The first-order valence-electron chi connectivity index (χ1n) is 6.26. The fourth-order valence-electron chi connectivity index (χ4n) is 3.00. The molecule has 0 unspecified atom stereocenters. The van der Waals surface area contributed by atoms with Crippen molar-refractivity contribution in [3.63, 3.8) is 0 Å². The van der Waals surface area contributed by atoms with Crippen LogP contribution in [0.4, 0.5) is 5.69 Å². The highest BCUT2D eigenvalue weighted by molar-refractivity contribution is 6.19. The minimum Gasteiger partial charge on any atom is -0.328 e. The molecule has 2 nitrogen and oxygen atoms in total. The Hall–Kier alpha value is -2.61. The summed E-state index contributed by atoms with van der Waals surface area (Å²) >= 11 is 0. The molecule has 0 radical (unpaired) electrons. The van der Waals surface area contributed by atoms with E-state index < -0.39 is 0 Å². The Kier molecular flexibility index (Phi) is 2.00. The maximum absolute atomic E-state index is 10.8. The quantitative estimate of drug-likeness (QED) is 0.530. The van der Waals surface area contributed by atoms with Gasteiger partial charge in [-0.15, -0.1) is 0 Å². The molecule has 1 amide bonds. The Morgan fingerprint density at radius 1 is 0.789 bits per heavy atom. The highest BCUT2D eigenvalue weighted by atomic mass is 16.1. The van der Waals surface area contributed by atoms with Crippen molar-refractivity contribution in [2.24, 2.45) is 0 Å². The van der Waals surface area contributed by atoms with Gasteiger partial charge in [-0.3, -0.25) is 4.79 Å². The molecule has 19 heavy (non-hydrogen) atoms. The van der Waals surface area contributed by atoms with Crippen LogP contribution in [0.25, 0.3) is 33.0 Å². The molecule has 1 aliphatic rings. The molecule has 3 aromatic rings. The standard InChI is InChI=1S/C17H11NO/c19-10-18-15-9-8-11-4-3-7-13-12-5-1-2-6-14(12)17(15)16(11)13/h1-10H,(H,18,19). The van der Waals surface area contributed by atoms with Gasteiger partial charge >= 0.3 is 0 Å². The summed E-state index contributed by atoms with van der Waals surface area (Å²) in [5.41, 5.74) is 5.69. The number of nitrogens with one attached hydrogen (secondary N) is 1. The summed E-state index contributed by atoms with van der Waals surface area (Å²) in [5, 5.41) is 5.25. The predicted octanol–water partition coefficient (Wildman–Crippen LogP) is 4.06. The fourth-order valence-corrected chi connectivity index (χ4v) is 3.00. The van der Waals surface area contributed by atoms with E-state index in [0.717, 1.165) is 17.7 Å². The average molecular weight is 245 g/mol. The van der Waals surface area contributed by atoms with Crippen molar-refractivity contribution >= 4 is 22.9 Å². The SMILES string of the molecule is O=CNc1ccc2cccc3c2c1-c1ccccc1-3. The van der Waals surface area contributed by atoms with Crippen molar-refractivity contribution in [3.8, 4) is 22.3 Å². The minimum atomic E-state index is 0.737. The molecule has 0 aliphatic heterocycles. The smallest absolute Gasteiger partial charge is 0.211 e. The van der Waals surface area contributed by atoms with Gasteiger partial charge in [-0.05, 0) is 33.5 Å². The summed E-state index contributed by atoms with van der Waals surface area (Å²) in [7, 11) is 0. The second-order valence-corrected chi connectivity index (χ2v) is 4.70. The monoisotopic (exact) mass is 245 g/mol. The molecular weight excluding hydrogens is 234 g/mol. The maximum atomic E-state index is 10.8. The third-order valence-corrected chi connectivity index (χ3v) is 3.75. The molecule has 0 saturated carbocycles. The van der Waals surface area contributed by atoms with Gasteiger partial charge in [0.25, 0.3) is 0 Å². The molecule has 1 N–H and O–H groups in total. The zero-order valence-electron chi connectivity index (χ0n) is 10.2. The van der Waals surface area contributed by atoms with Gasteiger partial charge in [0.2, 0.25) is 6.41 Å². The molecule has 0 aromatic heterocycles. The predicted molar refractivity (Wildman–Crippen MR) is 78.1 cm³/mol. The summed E-state index contributed by atoms with van der Waals surface area (Å²) in [6, 6.07) is 18.7. The number of fused-ring (bicyclic) bond motifs is 3. The van der Waals surface area contributed by atoms with E-state index in [1.165, 1.54) is 27.5 Å². The highest BCUT2D eigenvalue weighted by Crippen LogP contribution is 2.49.